The van der Waals surface area contributed by atoms with Gasteiger partial charge in [0.25, 0.3) is 15.9 Å². The van der Waals surface area contributed by atoms with Gasteiger partial charge in [-0.3, -0.25) is 9.52 Å². The largest absolute Gasteiger partial charge is 0.465 e. The molecule has 0 aliphatic carbocycles. The molecule has 0 saturated carbocycles. The summed E-state index contributed by atoms with van der Waals surface area (Å²) in [6.45, 7) is 0. The summed E-state index contributed by atoms with van der Waals surface area (Å²) in [4.78, 5) is 24.0. The standard InChI is InChI=1S/C23H17ClN2O5S/c1-31-23(28)15-4-8-17(9-5-15)26-32(29,30)18-10-11-21-19(13-18)20(22(27)25-21)12-14-2-6-16(24)7-3-14/h2-13,26H,1H3,(H,25,27)/b20-12-. The number of sulfonamides is 1. The third-order valence-electron chi connectivity index (χ3n) is 4.82. The number of amides is 1. The quantitative estimate of drug-likeness (QED) is 0.426. The van der Waals surface area contributed by atoms with Crippen LogP contribution in [0.4, 0.5) is 11.4 Å². The second-order valence-electron chi connectivity index (χ2n) is 6.95. The predicted octanol–water partition coefficient (Wildman–Crippen LogP) is 4.42. The molecule has 4 rings (SSSR count). The van der Waals surface area contributed by atoms with Gasteiger partial charge in [-0.1, -0.05) is 23.7 Å². The lowest BCUT2D eigenvalue weighted by molar-refractivity contribution is -0.110. The third-order valence-corrected chi connectivity index (χ3v) is 6.45. The van der Waals surface area contributed by atoms with Crippen molar-refractivity contribution in [2.45, 2.75) is 4.90 Å². The molecule has 0 bridgehead atoms. The fourth-order valence-corrected chi connectivity index (χ4v) is 4.42. The summed E-state index contributed by atoms with van der Waals surface area (Å²) < 4.78 is 32.9. The molecule has 0 radical (unpaired) electrons. The van der Waals surface area contributed by atoms with E-state index in [1.807, 2.05) is 0 Å². The molecule has 0 fully saturated rings. The lowest BCUT2D eigenvalue weighted by atomic mass is 10.0. The molecule has 1 heterocycles. The van der Waals surface area contributed by atoms with Crippen LogP contribution in [0, 0.1) is 0 Å². The average Bonchev–Trinajstić information content (AvgIpc) is 3.09. The van der Waals surface area contributed by atoms with E-state index in [4.69, 9.17) is 11.6 Å². The second-order valence-corrected chi connectivity index (χ2v) is 9.06. The molecule has 7 nitrogen and oxygen atoms in total. The SMILES string of the molecule is COC(=O)c1ccc(NS(=O)(=O)c2ccc3c(c2)/C(=C/c2ccc(Cl)cc2)C(=O)N3)cc1. The van der Waals surface area contributed by atoms with E-state index in [-0.39, 0.29) is 16.5 Å². The Balaban J connectivity index is 1.64. The average molecular weight is 469 g/mol. The van der Waals surface area contributed by atoms with E-state index in [1.54, 1.807) is 36.4 Å². The van der Waals surface area contributed by atoms with Crippen LogP contribution in [0.15, 0.2) is 71.6 Å². The van der Waals surface area contributed by atoms with Gasteiger partial charge in [0.2, 0.25) is 0 Å². The maximum Gasteiger partial charge on any atom is 0.337 e. The smallest absolute Gasteiger partial charge is 0.337 e. The van der Waals surface area contributed by atoms with E-state index in [9.17, 15) is 18.0 Å². The molecule has 0 atom stereocenters. The molecule has 162 valence electrons. The first kappa shape index (κ1) is 21.6. The minimum absolute atomic E-state index is 0.00759. The summed E-state index contributed by atoms with van der Waals surface area (Å²) in [7, 11) is -2.68. The molecule has 0 aromatic heterocycles. The van der Waals surface area contributed by atoms with Crippen LogP contribution in [0.2, 0.25) is 5.02 Å². The van der Waals surface area contributed by atoms with E-state index in [0.717, 1.165) is 5.56 Å². The summed E-state index contributed by atoms with van der Waals surface area (Å²) in [6.07, 6.45) is 1.67. The van der Waals surface area contributed by atoms with Crippen LogP contribution >= 0.6 is 11.6 Å². The predicted molar refractivity (Wildman–Crippen MR) is 123 cm³/mol. The summed E-state index contributed by atoms with van der Waals surface area (Å²) in [5.41, 5.74) is 2.69. The highest BCUT2D eigenvalue weighted by atomic mass is 35.5. The highest BCUT2D eigenvalue weighted by Crippen LogP contribution is 2.35. The Bertz CT molecular complexity index is 1350. The van der Waals surface area contributed by atoms with E-state index in [2.05, 4.69) is 14.8 Å². The Morgan fingerprint density at radius 3 is 2.38 bits per heavy atom. The molecule has 0 saturated heterocycles. The summed E-state index contributed by atoms with van der Waals surface area (Å²) in [6, 6.07) is 17.2. The maximum absolute atomic E-state index is 12.9. The molecular formula is C23H17ClN2O5S. The van der Waals surface area contributed by atoms with Crippen molar-refractivity contribution in [1.82, 2.24) is 0 Å². The van der Waals surface area contributed by atoms with Crippen LogP contribution < -0.4 is 10.0 Å². The number of carbonyl (C=O) groups excluding carboxylic acids is 2. The number of nitrogens with one attached hydrogen (secondary N) is 2. The minimum atomic E-state index is -3.94. The van der Waals surface area contributed by atoms with E-state index < -0.39 is 16.0 Å². The van der Waals surface area contributed by atoms with Crippen molar-refractivity contribution in [3.8, 4) is 0 Å². The van der Waals surface area contributed by atoms with Crippen LogP contribution in [0.5, 0.6) is 0 Å². The molecule has 32 heavy (non-hydrogen) atoms. The summed E-state index contributed by atoms with van der Waals surface area (Å²) >= 11 is 5.91. The van der Waals surface area contributed by atoms with Crippen molar-refractivity contribution in [2.75, 3.05) is 17.1 Å². The highest BCUT2D eigenvalue weighted by Gasteiger charge is 2.26. The normalized spacial score (nSPS) is 14.1. The number of halogens is 1. The second kappa shape index (κ2) is 8.49. The zero-order valence-electron chi connectivity index (χ0n) is 16.8. The Labute approximate surface area is 189 Å². The van der Waals surface area contributed by atoms with Crippen molar-refractivity contribution in [2.24, 2.45) is 0 Å². The number of benzene rings is 3. The first-order valence-corrected chi connectivity index (χ1v) is 11.3. The number of hydrogen-bond donors (Lipinski definition) is 2. The fourth-order valence-electron chi connectivity index (χ4n) is 3.21. The van der Waals surface area contributed by atoms with Crippen LogP contribution in [0.1, 0.15) is 21.5 Å². The van der Waals surface area contributed by atoms with Crippen LogP contribution in [0.3, 0.4) is 0 Å². The zero-order valence-corrected chi connectivity index (χ0v) is 18.3. The molecule has 3 aromatic rings. The van der Waals surface area contributed by atoms with Gasteiger partial charge in [0.05, 0.1) is 17.6 Å². The molecule has 9 heteroatoms. The monoisotopic (exact) mass is 468 g/mol. The molecule has 0 spiro atoms. The Kier molecular flexibility index (Phi) is 5.73. The van der Waals surface area contributed by atoms with Crippen LogP contribution in [-0.4, -0.2) is 27.4 Å². The van der Waals surface area contributed by atoms with E-state index >= 15 is 0 Å². The van der Waals surface area contributed by atoms with Crippen molar-refractivity contribution >= 4 is 56.5 Å². The van der Waals surface area contributed by atoms with Gasteiger partial charge < -0.3 is 10.1 Å². The number of methoxy groups -OCH3 is 1. The molecule has 3 aromatic carbocycles. The van der Waals surface area contributed by atoms with Crippen molar-refractivity contribution < 1.29 is 22.7 Å². The minimum Gasteiger partial charge on any atom is -0.465 e. The topological polar surface area (TPSA) is 102 Å². The Hall–Kier alpha value is -3.62. The molecule has 1 aliphatic rings. The summed E-state index contributed by atoms with van der Waals surface area (Å²) in [5, 5.41) is 3.31. The van der Waals surface area contributed by atoms with Crippen molar-refractivity contribution in [3.63, 3.8) is 0 Å². The van der Waals surface area contributed by atoms with Crippen molar-refractivity contribution in [1.29, 1.82) is 0 Å². The molecule has 1 aliphatic heterocycles. The number of esters is 1. The third kappa shape index (κ3) is 4.37. The van der Waals surface area contributed by atoms with Gasteiger partial charge in [-0.05, 0) is 66.2 Å². The van der Waals surface area contributed by atoms with E-state index in [1.165, 1.54) is 43.5 Å². The van der Waals surface area contributed by atoms with Gasteiger partial charge >= 0.3 is 5.97 Å². The summed E-state index contributed by atoms with van der Waals surface area (Å²) in [5.74, 6) is -0.842. The molecular weight excluding hydrogens is 452 g/mol. The fraction of sp³-hybridized carbons (Fsp3) is 0.0435. The molecule has 2 N–H and O–H groups in total. The number of carbonyl (C=O) groups is 2. The maximum atomic E-state index is 12.9. The van der Waals surface area contributed by atoms with Crippen LogP contribution in [0.25, 0.3) is 11.6 Å². The lowest BCUT2D eigenvalue weighted by Crippen LogP contribution is -2.13. The van der Waals surface area contributed by atoms with E-state index in [0.29, 0.717) is 27.4 Å². The van der Waals surface area contributed by atoms with Gasteiger partial charge in [0, 0.05) is 27.5 Å². The van der Waals surface area contributed by atoms with Gasteiger partial charge in [-0.15, -0.1) is 0 Å². The molecule has 1 amide bonds. The number of ether oxygens (including phenoxy) is 1. The highest BCUT2D eigenvalue weighted by molar-refractivity contribution is 7.92. The Morgan fingerprint density at radius 1 is 1.03 bits per heavy atom. The van der Waals surface area contributed by atoms with Gasteiger partial charge in [-0.25, -0.2) is 13.2 Å². The van der Waals surface area contributed by atoms with Crippen molar-refractivity contribution in [3.05, 3.63) is 88.4 Å². The van der Waals surface area contributed by atoms with Gasteiger partial charge in [-0.2, -0.15) is 0 Å². The number of hydrogen-bond acceptors (Lipinski definition) is 5. The molecule has 0 unspecified atom stereocenters. The van der Waals surface area contributed by atoms with Gasteiger partial charge in [0.15, 0.2) is 0 Å². The Morgan fingerprint density at radius 2 is 1.72 bits per heavy atom. The number of fused-ring (bicyclic) bond motifs is 1. The van der Waals surface area contributed by atoms with Gasteiger partial charge in [0.1, 0.15) is 0 Å². The first-order valence-electron chi connectivity index (χ1n) is 9.41. The van der Waals surface area contributed by atoms with Crippen LogP contribution in [-0.2, 0) is 19.6 Å². The number of rotatable bonds is 5. The lowest BCUT2D eigenvalue weighted by Gasteiger charge is -2.10. The first-order chi connectivity index (χ1) is 15.3. The number of anilines is 2. The zero-order chi connectivity index (χ0) is 22.9.